The summed E-state index contributed by atoms with van der Waals surface area (Å²) in [6.45, 7) is 23.1. The van der Waals surface area contributed by atoms with E-state index in [4.69, 9.17) is 6.57 Å². The van der Waals surface area contributed by atoms with Crippen LogP contribution in [0.15, 0.2) is 140 Å². The minimum absolute atomic E-state index is 0.0799. The molecular weight excluding hydrogens is 736 g/mol. The fourth-order valence-corrected chi connectivity index (χ4v) is 8.79. The van der Waals surface area contributed by atoms with Crippen LogP contribution in [0.1, 0.15) is 63.8 Å². The third-order valence-electron chi connectivity index (χ3n) is 11.8. The van der Waals surface area contributed by atoms with E-state index in [1.807, 2.05) is 60.7 Å². The van der Waals surface area contributed by atoms with E-state index in [-0.39, 0.29) is 16.4 Å². The molecule has 2 heterocycles. The number of hydrogen-bond acceptors (Lipinski definition) is 0. The van der Waals surface area contributed by atoms with Gasteiger partial charge in [0.15, 0.2) is 5.69 Å². The first kappa shape index (κ1) is 38.0. The molecule has 0 aliphatic carbocycles. The van der Waals surface area contributed by atoms with E-state index in [0.717, 1.165) is 72.2 Å². The zero-order valence-electron chi connectivity index (χ0n) is 34.3. The van der Waals surface area contributed by atoms with Gasteiger partial charge in [0.05, 0.1) is 39.9 Å². The van der Waals surface area contributed by atoms with Gasteiger partial charge < -0.3 is 9.13 Å². The normalized spacial score (nSPS) is 12.6. The third-order valence-corrected chi connectivity index (χ3v) is 11.8. The molecule has 0 spiro atoms. The highest BCUT2D eigenvalue weighted by atomic mass is 19.4. The van der Waals surface area contributed by atoms with Crippen molar-refractivity contribution >= 4 is 49.3 Å². The van der Waals surface area contributed by atoms with E-state index < -0.39 is 11.7 Å². The Morgan fingerprint density at radius 2 is 1.03 bits per heavy atom. The average Bonchev–Trinajstić information content (AvgIpc) is 3.71. The molecule has 0 unspecified atom stereocenters. The summed E-state index contributed by atoms with van der Waals surface area (Å²) in [7, 11) is 0. The maximum absolute atomic E-state index is 14.8. The molecule has 9 rings (SSSR count). The highest BCUT2D eigenvalue weighted by Crippen LogP contribution is 2.46. The van der Waals surface area contributed by atoms with Crippen LogP contribution in [0, 0.1) is 13.5 Å². The first-order valence-corrected chi connectivity index (χ1v) is 20.0. The predicted molar refractivity (Wildman–Crippen MR) is 239 cm³/mol. The van der Waals surface area contributed by atoms with Crippen molar-refractivity contribution in [2.75, 3.05) is 0 Å². The maximum atomic E-state index is 14.8. The summed E-state index contributed by atoms with van der Waals surface area (Å²) in [5.41, 5.74) is 10.2. The Balaban J connectivity index is 1.43. The molecule has 0 aliphatic heterocycles. The Morgan fingerprint density at radius 3 is 1.58 bits per heavy atom. The fourth-order valence-electron chi connectivity index (χ4n) is 8.79. The van der Waals surface area contributed by atoms with Crippen LogP contribution >= 0.6 is 0 Å². The standard InChI is InChI=1S/C53H44F3N3/c1-32-14-13-17-43(53(54,55)56)50(32)33-20-25-46(58-44-18-11-9-15-37(44)41-29-34(51(2,3)4)21-26-47(41)58)40(28-33)39-24-23-36(57-8)31-49(39)59-45-19-12-10-16-38(45)42-30-35(52(5,6)7)22-27-48(42)59/h9-31H,1-7H3. The van der Waals surface area contributed by atoms with E-state index >= 15 is 0 Å². The van der Waals surface area contributed by atoms with Gasteiger partial charge in [0.25, 0.3) is 0 Å². The van der Waals surface area contributed by atoms with Crippen molar-refractivity contribution in [1.82, 2.24) is 9.13 Å². The second-order valence-corrected chi connectivity index (χ2v) is 17.7. The summed E-state index contributed by atoms with van der Waals surface area (Å²) < 4.78 is 48.9. The van der Waals surface area contributed by atoms with E-state index in [9.17, 15) is 13.2 Å². The Bertz CT molecular complexity index is 3190. The van der Waals surface area contributed by atoms with Gasteiger partial charge in [-0.2, -0.15) is 13.2 Å². The number of aromatic nitrogens is 2. The number of benzene rings is 7. The van der Waals surface area contributed by atoms with Gasteiger partial charge >= 0.3 is 6.18 Å². The van der Waals surface area contributed by atoms with Crippen molar-refractivity contribution in [3.05, 3.63) is 173 Å². The third kappa shape index (κ3) is 6.28. The van der Waals surface area contributed by atoms with Gasteiger partial charge in [0.2, 0.25) is 0 Å². The number of aryl methyl sites for hydroxylation is 1. The first-order chi connectivity index (χ1) is 28.0. The lowest BCUT2D eigenvalue weighted by Gasteiger charge is -2.22. The van der Waals surface area contributed by atoms with Crippen LogP contribution in [0.3, 0.4) is 0 Å². The molecule has 0 N–H and O–H groups in total. The minimum atomic E-state index is -4.56. The quantitative estimate of drug-likeness (QED) is 0.158. The monoisotopic (exact) mass is 779 g/mol. The smallest absolute Gasteiger partial charge is 0.310 e. The highest BCUT2D eigenvalue weighted by molar-refractivity contribution is 6.12. The average molecular weight is 780 g/mol. The van der Waals surface area contributed by atoms with Gasteiger partial charge in [-0.3, -0.25) is 0 Å². The highest BCUT2D eigenvalue weighted by Gasteiger charge is 2.34. The number of hydrogen-bond donors (Lipinski definition) is 0. The molecule has 0 atom stereocenters. The summed E-state index contributed by atoms with van der Waals surface area (Å²) in [5, 5.41) is 4.35. The molecule has 0 saturated heterocycles. The molecule has 3 nitrogen and oxygen atoms in total. The second-order valence-electron chi connectivity index (χ2n) is 17.7. The van der Waals surface area contributed by atoms with Crippen molar-refractivity contribution in [1.29, 1.82) is 0 Å². The van der Waals surface area contributed by atoms with E-state index in [0.29, 0.717) is 16.8 Å². The van der Waals surface area contributed by atoms with Gasteiger partial charge in [-0.15, -0.1) is 0 Å². The lowest BCUT2D eigenvalue weighted by molar-refractivity contribution is -0.137. The van der Waals surface area contributed by atoms with Crippen molar-refractivity contribution in [2.24, 2.45) is 0 Å². The number of fused-ring (bicyclic) bond motifs is 6. The fraction of sp³-hybridized carbons (Fsp3) is 0.189. The topological polar surface area (TPSA) is 14.2 Å². The van der Waals surface area contributed by atoms with Gasteiger partial charge in [-0.25, -0.2) is 4.85 Å². The summed E-state index contributed by atoms with van der Waals surface area (Å²) in [5.74, 6) is 0. The maximum Gasteiger partial charge on any atom is 0.417 e. The van der Waals surface area contributed by atoms with Crippen LogP contribution < -0.4 is 0 Å². The molecule has 292 valence electrons. The zero-order chi connectivity index (χ0) is 41.6. The number of para-hydroxylation sites is 2. The molecule has 0 radical (unpaired) electrons. The van der Waals surface area contributed by atoms with Crippen LogP contribution in [-0.2, 0) is 17.0 Å². The largest absolute Gasteiger partial charge is 0.417 e. The molecular formula is C53H44F3N3. The van der Waals surface area contributed by atoms with Gasteiger partial charge in [0.1, 0.15) is 0 Å². The Hall–Kier alpha value is -6.58. The number of rotatable bonds is 4. The van der Waals surface area contributed by atoms with Crippen LogP contribution in [0.2, 0.25) is 0 Å². The van der Waals surface area contributed by atoms with Crippen molar-refractivity contribution < 1.29 is 13.2 Å². The van der Waals surface area contributed by atoms with E-state index in [1.165, 1.54) is 17.2 Å². The van der Waals surface area contributed by atoms with Crippen LogP contribution in [-0.4, -0.2) is 9.13 Å². The van der Waals surface area contributed by atoms with Gasteiger partial charge in [-0.1, -0.05) is 120 Å². The summed E-state index contributed by atoms with van der Waals surface area (Å²) in [6, 6.07) is 45.6. The van der Waals surface area contributed by atoms with Crippen molar-refractivity contribution in [3.63, 3.8) is 0 Å². The van der Waals surface area contributed by atoms with Gasteiger partial charge in [-0.05, 0) is 106 Å². The van der Waals surface area contributed by atoms with Crippen LogP contribution in [0.4, 0.5) is 18.9 Å². The molecule has 59 heavy (non-hydrogen) atoms. The molecule has 2 aromatic heterocycles. The number of alkyl halides is 3. The van der Waals surface area contributed by atoms with Crippen LogP contribution in [0.25, 0.3) is 82.1 Å². The minimum Gasteiger partial charge on any atom is -0.310 e. The second kappa shape index (κ2) is 13.5. The number of halogens is 3. The molecule has 0 fully saturated rings. The zero-order valence-corrected chi connectivity index (χ0v) is 34.3. The van der Waals surface area contributed by atoms with E-state index in [2.05, 4.69) is 116 Å². The van der Waals surface area contributed by atoms with Crippen molar-refractivity contribution in [3.8, 4) is 33.6 Å². The van der Waals surface area contributed by atoms with Gasteiger partial charge in [0, 0.05) is 38.4 Å². The molecule has 0 amide bonds. The SMILES string of the molecule is [C-]#[N+]c1ccc(-c2cc(-c3c(C)cccc3C(F)(F)F)ccc2-n2c3ccccc3c3cc(C(C)(C)C)ccc32)c(-n2c3ccccc3c3cc(C(C)(C)C)ccc32)c1. The van der Waals surface area contributed by atoms with Crippen LogP contribution in [0.5, 0.6) is 0 Å². The lowest BCUT2D eigenvalue weighted by Crippen LogP contribution is -2.10. The first-order valence-electron chi connectivity index (χ1n) is 20.0. The number of nitrogens with zero attached hydrogens (tertiary/aromatic N) is 3. The summed E-state index contributed by atoms with van der Waals surface area (Å²) in [4.78, 5) is 3.89. The molecule has 0 bridgehead atoms. The molecule has 6 heteroatoms. The Labute approximate surface area is 342 Å². The molecule has 0 aliphatic rings. The Morgan fingerprint density at radius 1 is 0.492 bits per heavy atom. The van der Waals surface area contributed by atoms with E-state index in [1.54, 1.807) is 13.0 Å². The molecule has 9 aromatic rings. The summed E-state index contributed by atoms with van der Waals surface area (Å²) >= 11 is 0. The molecule has 7 aromatic carbocycles. The molecule has 0 saturated carbocycles. The predicted octanol–water partition coefficient (Wildman–Crippen LogP) is 15.7. The summed E-state index contributed by atoms with van der Waals surface area (Å²) in [6.07, 6.45) is -4.56. The Kier molecular flexibility index (Phi) is 8.68. The lowest BCUT2D eigenvalue weighted by atomic mass is 9.86. The van der Waals surface area contributed by atoms with Crippen molar-refractivity contribution in [2.45, 2.75) is 65.5 Å².